The van der Waals surface area contributed by atoms with E-state index in [2.05, 4.69) is 29.0 Å². The van der Waals surface area contributed by atoms with Crippen LogP contribution in [-0.2, 0) is 6.54 Å². The molecule has 2 heterocycles. The van der Waals surface area contributed by atoms with Gasteiger partial charge in [0.25, 0.3) is 0 Å². The van der Waals surface area contributed by atoms with E-state index in [4.69, 9.17) is 5.73 Å². The molecule has 2 unspecified atom stereocenters. The molecule has 1 fully saturated rings. The van der Waals surface area contributed by atoms with Gasteiger partial charge in [0.05, 0.1) is 0 Å². The molecule has 4 nitrogen and oxygen atoms in total. The van der Waals surface area contributed by atoms with Crippen LogP contribution in [0.25, 0.3) is 0 Å². The molecule has 5 heteroatoms. The molecular formula is C10H18N4S. The van der Waals surface area contributed by atoms with E-state index in [9.17, 15) is 0 Å². The van der Waals surface area contributed by atoms with Crippen molar-refractivity contribution in [2.75, 3.05) is 18.8 Å². The molecule has 2 atom stereocenters. The summed E-state index contributed by atoms with van der Waals surface area (Å²) in [6, 6.07) is 1.14. The normalized spacial score (nSPS) is 28.1. The van der Waals surface area contributed by atoms with E-state index in [1.165, 1.54) is 4.88 Å². The number of nitrogen functional groups attached to an aromatic ring is 1. The number of thiazole rings is 1. The van der Waals surface area contributed by atoms with E-state index in [1.807, 2.05) is 6.20 Å². The maximum Gasteiger partial charge on any atom is 0.180 e. The summed E-state index contributed by atoms with van der Waals surface area (Å²) in [5, 5.41) is 4.19. The summed E-state index contributed by atoms with van der Waals surface area (Å²) < 4.78 is 0. The molecule has 1 aliphatic rings. The van der Waals surface area contributed by atoms with E-state index >= 15 is 0 Å². The zero-order chi connectivity index (χ0) is 10.8. The maximum absolute atomic E-state index is 5.61. The van der Waals surface area contributed by atoms with Gasteiger partial charge >= 0.3 is 0 Å². The van der Waals surface area contributed by atoms with Crippen molar-refractivity contribution in [3.05, 3.63) is 11.1 Å². The number of nitrogens with zero attached hydrogens (tertiary/aromatic N) is 2. The van der Waals surface area contributed by atoms with Gasteiger partial charge in [0.1, 0.15) is 0 Å². The lowest BCUT2D eigenvalue weighted by Crippen LogP contribution is -2.53. The van der Waals surface area contributed by atoms with Gasteiger partial charge in [-0.3, -0.25) is 4.90 Å². The Bertz CT molecular complexity index is 315. The predicted molar refractivity (Wildman–Crippen MR) is 63.9 cm³/mol. The minimum Gasteiger partial charge on any atom is -0.375 e. The van der Waals surface area contributed by atoms with Crippen molar-refractivity contribution in [2.24, 2.45) is 0 Å². The summed E-state index contributed by atoms with van der Waals surface area (Å²) in [5.74, 6) is 0. The van der Waals surface area contributed by atoms with E-state index in [0.29, 0.717) is 17.2 Å². The molecular weight excluding hydrogens is 208 g/mol. The van der Waals surface area contributed by atoms with Crippen molar-refractivity contribution in [1.82, 2.24) is 15.2 Å². The van der Waals surface area contributed by atoms with Crippen molar-refractivity contribution in [2.45, 2.75) is 32.5 Å². The largest absolute Gasteiger partial charge is 0.375 e. The fourth-order valence-corrected chi connectivity index (χ4v) is 2.91. The maximum atomic E-state index is 5.61. The second-order valence-electron chi connectivity index (χ2n) is 4.33. The molecule has 1 aliphatic heterocycles. The Labute approximate surface area is 94.5 Å². The van der Waals surface area contributed by atoms with Gasteiger partial charge in [-0.1, -0.05) is 0 Å². The molecule has 0 aliphatic carbocycles. The number of nitrogens with two attached hydrogens (primary N) is 1. The minimum atomic E-state index is 0.569. The Morgan fingerprint density at radius 1 is 1.53 bits per heavy atom. The van der Waals surface area contributed by atoms with Crippen molar-refractivity contribution >= 4 is 16.5 Å². The smallest absolute Gasteiger partial charge is 0.180 e. The van der Waals surface area contributed by atoms with Crippen LogP contribution in [0.15, 0.2) is 6.20 Å². The zero-order valence-corrected chi connectivity index (χ0v) is 10.0. The molecule has 0 radical (unpaired) electrons. The highest BCUT2D eigenvalue weighted by molar-refractivity contribution is 7.15. The zero-order valence-electron chi connectivity index (χ0n) is 9.23. The van der Waals surface area contributed by atoms with Crippen molar-refractivity contribution in [3.8, 4) is 0 Å². The first-order chi connectivity index (χ1) is 7.13. The van der Waals surface area contributed by atoms with Crippen LogP contribution in [0, 0.1) is 0 Å². The van der Waals surface area contributed by atoms with Crippen LogP contribution in [0.3, 0.4) is 0 Å². The number of nitrogens with one attached hydrogen (secondary N) is 1. The molecule has 0 amide bonds. The van der Waals surface area contributed by atoms with Gasteiger partial charge in [0.2, 0.25) is 0 Å². The lowest BCUT2D eigenvalue weighted by Gasteiger charge is -2.35. The van der Waals surface area contributed by atoms with Crippen molar-refractivity contribution < 1.29 is 0 Å². The van der Waals surface area contributed by atoms with Crippen LogP contribution in [0.1, 0.15) is 18.7 Å². The standard InChI is InChI=1S/C10H18N4S/c1-7-4-14(5-8(2)13-7)6-9-3-12-10(11)15-9/h3,7-8,13H,4-6H2,1-2H3,(H2,11,12). The third-order valence-electron chi connectivity index (χ3n) is 2.58. The molecule has 0 saturated carbocycles. The summed E-state index contributed by atoms with van der Waals surface area (Å²) in [6.07, 6.45) is 1.89. The van der Waals surface area contributed by atoms with Crippen LogP contribution in [-0.4, -0.2) is 35.1 Å². The van der Waals surface area contributed by atoms with Crippen molar-refractivity contribution in [1.29, 1.82) is 0 Å². The molecule has 0 aromatic carbocycles. The Morgan fingerprint density at radius 3 is 2.73 bits per heavy atom. The highest BCUT2D eigenvalue weighted by Crippen LogP contribution is 2.17. The third-order valence-corrected chi connectivity index (χ3v) is 3.40. The first-order valence-electron chi connectivity index (χ1n) is 5.32. The number of rotatable bonds is 2. The molecule has 84 valence electrons. The molecule has 3 N–H and O–H groups in total. The van der Waals surface area contributed by atoms with Gasteiger partial charge in [-0.25, -0.2) is 4.98 Å². The van der Waals surface area contributed by atoms with Gasteiger partial charge in [0, 0.05) is 42.8 Å². The fraction of sp³-hybridized carbons (Fsp3) is 0.700. The highest BCUT2D eigenvalue weighted by Gasteiger charge is 2.21. The second kappa shape index (κ2) is 4.47. The first kappa shape index (κ1) is 10.9. The van der Waals surface area contributed by atoms with Gasteiger partial charge in [-0.05, 0) is 13.8 Å². The molecule has 1 aromatic heterocycles. The topological polar surface area (TPSA) is 54.2 Å². The number of hydrogen-bond donors (Lipinski definition) is 2. The molecule has 0 bridgehead atoms. The summed E-state index contributed by atoms with van der Waals surface area (Å²) in [6.45, 7) is 7.63. The van der Waals surface area contributed by atoms with Gasteiger partial charge in [0.15, 0.2) is 5.13 Å². The Hall–Kier alpha value is -0.650. The van der Waals surface area contributed by atoms with Crippen molar-refractivity contribution in [3.63, 3.8) is 0 Å². The van der Waals surface area contributed by atoms with E-state index < -0.39 is 0 Å². The van der Waals surface area contributed by atoms with Crippen LogP contribution in [0.4, 0.5) is 5.13 Å². The van der Waals surface area contributed by atoms with Crippen LogP contribution in [0.2, 0.25) is 0 Å². The Kier molecular flexibility index (Phi) is 3.23. The van der Waals surface area contributed by atoms with Crippen LogP contribution < -0.4 is 11.1 Å². The molecule has 1 aromatic rings. The summed E-state index contributed by atoms with van der Waals surface area (Å²) in [5.41, 5.74) is 5.61. The Balaban J connectivity index is 1.94. The number of anilines is 1. The van der Waals surface area contributed by atoms with Crippen LogP contribution in [0.5, 0.6) is 0 Å². The second-order valence-corrected chi connectivity index (χ2v) is 5.47. The Morgan fingerprint density at radius 2 is 2.20 bits per heavy atom. The predicted octanol–water partition coefficient (Wildman–Crippen LogP) is 0.908. The first-order valence-corrected chi connectivity index (χ1v) is 6.13. The lowest BCUT2D eigenvalue weighted by molar-refractivity contribution is 0.168. The average molecular weight is 226 g/mol. The fourth-order valence-electron chi connectivity index (χ4n) is 2.19. The third kappa shape index (κ3) is 2.90. The summed E-state index contributed by atoms with van der Waals surface area (Å²) in [4.78, 5) is 7.79. The number of aromatic nitrogens is 1. The SMILES string of the molecule is CC1CN(Cc2cnc(N)s2)CC(C)N1. The van der Waals surface area contributed by atoms with Gasteiger partial charge in [-0.15, -0.1) is 11.3 Å². The van der Waals surface area contributed by atoms with E-state index in [0.717, 1.165) is 19.6 Å². The van der Waals surface area contributed by atoms with E-state index in [-0.39, 0.29) is 0 Å². The van der Waals surface area contributed by atoms with Gasteiger partial charge < -0.3 is 11.1 Å². The highest BCUT2D eigenvalue weighted by atomic mass is 32.1. The molecule has 0 spiro atoms. The quantitative estimate of drug-likeness (QED) is 0.787. The molecule has 2 rings (SSSR count). The van der Waals surface area contributed by atoms with E-state index in [1.54, 1.807) is 11.3 Å². The average Bonchev–Trinajstić information content (AvgIpc) is 2.49. The number of hydrogen-bond acceptors (Lipinski definition) is 5. The summed E-state index contributed by atoms with van der Waals surface area (Å²) in [7, 11) is 0. The molecule has 1 saturated heterocycles. The lowest BCUT2D eigenvalue weighted by atomic mass is 10.1. The number of piperazine rings is 1. The minimum absolute atomic E-state index is 0.569. The van der Waals surface area contributed by atoms with Crippen LogP contribution >= 0.6 is 11.3 Å². The monoisotopic (exact) mass is 226 g/mol. The van der Waals surface area contributed by atoms with Gasteiger partial charge in [-0.2, -0.15) is 0 Å². The molecule has 15 heavy (non-hydrogen) atoms. The summed E-state index contributed by atoms with van der Waals surface area (Å²) >= 11 is 1.59.